The maximum Gasteiger partial charge on any atom is 0.318 e. The van der Waals surface area contributed by atoms with Crippen molar-refractivity contribution in [3.63, 3.8) is 0 Å². The van der Waals surface area contributed by atoms with Crippen molar-refractivity contribution in [2.75, 3.05) is 6.61 Å². The van der Waals surface area contributed by atoms with Crippen LogP contribution in [-0.4, -0.2) is 17.8 Å². The van der Waals surface area contributed by atoms with Crippen molar-refractivity contribution in [1.82, 2.24) is 0 Å². The first kappa shape index (κ1) is 12.8. The number of rotatable bonds is 7. The molecule has 13 heavy (non-hydrogen) atoms. The van der Waals surface area contributed by atoms with E-state index in [0.29, 0.717) is 6.61 Å². The lowest BCUT2D eigenvalue weighted by molar-refractivity contribution is -0.142. The third-order valence-electron chi connectivity index (χ3n) is 1.89. The zero-order valence-corrected chi connectivity index (χ0v) is 9.48. The highest BCUT2D eigenvalue weighted by molar-refractivity contribution is 7.81. The number of carbonyl (C=O) groups excluding carboxylic acids is 1. The standard InChI is InChI=1S/C10H20O2S/c1-3-5-6-7-8-9(13)10(11)12-4-2/h9,13H,3-8H2,1-2H3/t9-/m1/s1. The number of hydrogen-bond acceptors (Lipinski definition) is 3. The van der Waals surface area contributed by atoms with Gasteiger partial charge in [-0.05, 0) is 13.3 Å². The Morgan fingerprint density at radius 3 is 2.54 bits per heavy atom. The number of ether oxygens (including phenoxy) is 1. The average molecular weight is 204 g/mol. The van der Waals surface area contributed by atoms with E-state index in [1.54, 1.807) is 0 Å². The first-order valence-electron chi connectivity index (χ1n) is 5.07. The van der Waals surface area contributed by atoms with Gasteiger partial charge in [0.25, 0.3) is 0 Å². The Labute approximate surface area is 86.5 Å². The van der Waals surface area contributed by atoms with Gasteiger partial charge in [-0.2, -0.15) is 12.6 Å². The number of esters is 1. The smallest absolute Gasteiger partial charge is 0.318 e. The number of unbranched alkanes of at least 4 members (excludes halogenated alkanes) is 3. The van der Waals surface area contributed by atoms with Crippen LogP contribution in [0.3, 0.4) is 0 Å². The van der Waals surface area contributed by atoms with Crippen LogP contribution in [0.2, 0.25) is 0 Å². The minimum Gasteiger partial charge on any atom is -0.465 e. The van der Waals surface area contributed by atoms with Crippen LogP contribution in [0.4, 0.5) is 0 Å². The third kappa shape index (κ3) is 6.94. The summed E-state index contributed by atoms with van der Waals surface area (Å²) in [5.74, 6) is -0.178. The Morgan fingerprint density at radius 1 is 1.31 bits per heavy atom. The highest BCUT2D eigenvalue weighted by Crippen LogP contribution is 2.11. The van der Waals surface area contributed by atoms with E-state index in [2.05, 4.69) is 19.6 Å². The van der Waals surface area contributed by atoms with Gasteiger partial charge >= 0.3 is 5.97 Å². The van der Waals surface area contributed by atoms with E-state index >= 15 is 0 Å². The lowest BCUT2D eigenvalue weighted by Crippen LogP contribution is -2.17. The van der Waals surface area contributed by atoms with Gasteiger partial charge in [-0.1, -0.05) is 32.6 Å². The van der Waals surface area contributed by atoms with Gasteiger partial charge in [-0.15, -0.1) is 0 Å². The molecule has 0 saturated heterocycles. The van der Waals surface area contributed by atoms with E-state index < -0.39 is 0 Å². The van der Waals surface area contributed by atoms with Crippen molar-refractivity contribution in [2.24, 2.45) is 0 Å². The lowest BCUT2D eigenvalue weighted by atomic mass is 10.1. The second kappa shape index (κ2) is 8.42. The molecule has 0 aliphatic carbocycles. The van der Waals surface area contributed by atoms with Crippen LogP contribution in [0.15, 0.2) is 0 Å². The minimum absolute atomic E-state index is 0.178. The van der Waals surface area contributed by atoms with Crippen LogP contribution in [0.5, 0.6) is 0 Å². The summed E-state index contributed by atoms with van der Waals surface area (Å²) in [6, 6.07) is 0. The Balaban J connectivity index is 3.38. The second-order valence-electron chi connectivity index (χ2n) is 3.12. The van der Waals surface area contributed by atoms with Crippen molar-refractivity contribution < 1.29 is 9.53 Å². The molecule has 0 N–H and O–H groups in total. The molecule has 0 aliphatic rings. The Bertz CT molecular complexity index is 137. The second-order valence-corrected chi connectivity index (χ2v) is 3.74. The fourth-order valence-electron chi connectivity index (χ4n) is 1.12. The summed E-state index contributed by atoms with van der Waals surface area (Å²) in [6.45, 7) is 4.43. The van der Waals surface area contributed by atoms with Crippen molar-refractivity contribution in [2.45, 2.75) is 51.2 Å². The molecule has 0 bridgehead atoms. The zero-order valence-electron chi connectivity index (χ0n) is 8.58. The van der Waals surface area contributed by atoms with Gasteiger partial charge in [0.15, 0.2) is 0 Å². The van der Waals surface area contributed by atoms with Gasteiger partial charge < -0.3 is 4.74 Å². The molecule has 1 atom stereocenters. The van der Waals surface area contributed by atoms with Crippen LogP contribution >= 0.6 is 12.6 Å². The normalized spacial score (nSPS) is 12.5. The van der Waals surface area contributed by atoms with Crippen LogP contribution in [-0.2, 0) is 9.53 Å². The van der Waals surface area contributed by atoms with E-state index in [-0.39, 0.29) is 11.2 Å². The Kier molecular flexibility index (Phi) is 8.30. The molecule has 0 aromatic rings. The van der Waals surface area contributed by atoms with E-state index in [0.717, 1.165) is 12.8 Å². The monoisotopic (exact) mass is 204 g/mol. The molecular formula is C10H20O2S. The molecule has 0 aromatic heterocycles. The van der Waals surface area contributed by atoms with E-state index in [1.165, 1.54) is 19.3 Å². The Morgan fingerprint density at radius 2 is 2.00 bits per heavy atom. The molecule has 0 aromatic carbocycles. The van der Waals surface area contributed by atoms with Gasteiger partial charge in [-0.25, -0.2) is 0 Å². The molecule has 78 valence electrons. The number of hydrogen-bond donors (Lipinski definition) is 1. The molecule has 0 amide bonds. The van der Waals surface area contributed by atoms with Gasteiger partial charge in [0, 0.05) is 0 Å². The number of carbonyl (C=O) groups is 1. The number of thiol groups is 1. The van der Waals surface area contributed by atoms with Crippen LogP contribution in [0, 0.1) is 0 Å². The predicted molar refractivity (Wildman–Crippen MR) is 58.2 cm³/mol. The van der Waals surface area contributed by atoms with E-state index in [4.69, 9.17) is 4.74 Å². The molecule has 0 rings (SSSR count). The summed E-state index contributed by atoms with van der Waals surface area (Å²) >= 11 is 4.19. The molecule has 0 unspecified atom stereocenters. The molecule has 2 nitrogen and oxygen atoms in total. The van der Waals surface area contributed by atoms with Crippen LogP contribution < -0.4 is 0 Å². The van der Waals surface area contributed by atoms with Gasteiger partial charge in [0.05, 0.1) is 11.9 Å². The quantitative estimate of drug-likeness (QED) is 0.392. The maximum absolute atomic E-state index is 11.1. The van der Waals surface area contributed by atoms with E-state index in [1.807, 2.05) is 6.92 Å². The molecule has 0 spiro atoms. The highest BCUT2D eigenvalue weighted by atomic mass is 32.1. The molecule has 0 aliphatic heterocycles. The molecule has 0 saturated carbocycles. The fourth-order valence-corrected chi connectivity index (χ4v) is 1.38. The molecule has 0 radical (unpaired) electrons. The minimum atomic E-state index is -0.225. The SMILES string of the molecule is CCCCCC[C@@H](S)C(=O)OCC. The summed E-state index contributed by atoms with van der Waals surface area (Å²) in [5.41, 5.74) is 0. The van der Waals surface area contributed by atoms with Crippen LogP contribution in [0.25, 0.3) is 0 Å². The third-order valence-corrected chi connectivity index (χ3v) is 2.36. The van der Waals surface area contributed by atoms with Crippen molar-refractivity contribution in [3.05, 3.63) is 0 Å². The molecular weight excluding hydrogens is 184 g/mol. The zero-order chi connectivity index (χ0) is 10.1. The first-order valence-corrected chi connectivity index (χ1v) is 5.58. The lowest BCUT2D eigenvalue weighted by Gasteiger charge is -2.08. The predicted octanol–water partition coefficient (Wildman–Crippen LogP) is 2.82. The molecule has 0 heterocycles. The summed E-state index contributed by atoms with van der Waals surface area (Å²) < 4.78 is 4.85. The highest BCUT2D eigenvalue weighted by Gasteiger charge is 2.13. The van der Waals surface area contributed by atoms with Gasteiger partial charge in [-0.3, -0.25) is 4.79 Å². The maximum atomic E-state index is 11.1. The van der Waals surface area contributed by atoms with E-state index in [9.17, 15) is 4.79 Å². The topological polar surface area (TPSA) is 26.3 Å². The molecule has 3 heteroatoms. The first-order chi connectivity index (χ1) is 6.22. The van der Waals surface area contributed by atoms with Crippen molar-refractivity contribution >= 4 is 18.6 Å². The van der Waals surface area contributed by atoms with Crippen molar-refractivity contribution in [1.29, 1.82) is 0 Å². The Hall–Kier alpha value is -0.180. The van der Waals surface area contributed by atoms with Crippen molar-refractivity contribution in [3.8, 4) is 0 Å². The van der Waals surface area contributed by atoms with Gasteiger partial charge in [0.1, 0.15) is 0 Å². The largest absolute Gasteiger partial charge is 0.465 e. The summed E-state index contributed by atoms with van der Waals surface area (Å²) in [7, 11) is 0. The van der Waals surface area contributed by atoms with Gasteiger partial charge in [0.2, 0.25) is 0 Å². The fraction of sp³-hybridized carbons (Fsp3) is 0.900. The summed E-state index contributed by atoms with van der Waals surface area (Å²) in [5, 5.41) is -0.225. The summed E-state index contributed by atoms with van der Waals surface area (Å²) in [4.78, 5) is 11.1. The summed E-state index contributed by atoms with van der Waals surface area (Å²) in [6.07, 6.45) is 5.55. The molecule has 0 fully saturated rings. The van der Waals surface area contributed by atoms with Crippen LogP contribution in [0.1, 0.15) is 46.0 Å². The average Bonchev–Trinajstić information content (AvgIpc) is 2.12.